The van der Waals surface area contributed by atoms with Gasteiger partial charge in [-0.3, -0.25) is 0 Å². The minimum absolute atomic E-state index is 0.393. The van der Waals surface area contributed by atoms with Gasteiger partial charge in [0.05, 0.1) is 13.2 Å². The summed E-state index contributed by atoms with van der Waals surface area (Å²) >= 11 is 0. The molecular weight excluding hydrogens is 316 g/mol. The average molecular weight is 346 g/mol. The molecule has 25 heavy (non-hydrogen) atoms. The van der Waals surface area contributed by atoms with Gasteiger partial charge in [0.1, 0.15) is 0 Å². The maximum Gasteiger partial charge on any atom is 0.331 e. The van der Waals surface area contributed by atoms with Gasteiger partial charge in [-0.15, -0.1) is 0 Å². The first kappa shape index (κ1) is 22.6. The summed E-state index contributed by atoms with van der Waals surface area (Å²) in [7, 11) is 0. The highest BCUT2D eigenvalue weighted by Gasteiger charge is 2.00. The monoisotopic (exact) mass is 346 g/mol. The zero-order chi connectivity index (χ0) is 18.9. The lowest BCUT2D eigenvalue weighted by Crippen LogP contribution is -2.05. The molecule has 0 heterocycles. The van der Waals surface area contributed by atoms with E-state index in [1.165, 1.54) is 5.56 Å². The molecule has 0 spiro atoms. The van der Waals surface area contributed by atoms with Crippen molar-refractivity contribution >= 4 is 17.5 Å². The first-order valence-corrected chi connectivity index (χ1v) is 8.73. The summed E-state index contributed by atoms with van der Waals surface area (Å²) in [5.41, 5.74) is 2.34. The van der Waals surface area contributed by atoms with E-state index in [1.807, 2.05) is 39.0 Å². The average Bonchev–Trinajstić information content (AvgIpc) is 2.62. The Balaban J connectivity index is 0.000000535. The van der Waals surface area contributed by atoms with Crippen LogP contribution >= 0.6 is 0 Å². The number of hydrogen-bond donors (Lipinski definition) is 0. The number of allylic oxidation sites excluding steroid dienone is 1. The second-order valence-corrected chi connectivity index (χ2v) is 5.52. The van der Waals surface area contributed by atoms with E-state index in [0.29, 0.717) is 13.2 Å². The van der Waals surface area contributed by atoms with Crippen molar-refractivity contribution in [1.82, 2.24) is 0 Å². The number of benzene rings is 1. The van der Waals surface area contributed by atoms with Crippen LogP contribution in [0.4, 0.5) is 0 Å². The Bertz CT molecular complexity index is 508. The summed E-state index contributed by atoms with van der Waals surface area (Å²) in [6.45, 7) is 10.6. The normalized spacial score (nSPS) is 9.88. The number of carbonyl (C=O) groups is 2. The summed E-state index contributed by atoms with van der Waals surface area (Å²) in [4.78, 5) is 22.1. The van der Waals surface area contributed by atoms with Crippen LogP contribution in [-0.2, 0) is 19.1 Å². The maximum absolute atomic E-state index is 11.0. The molecule has 1 aromatic carbocycles. The highest BCUT2D eigenvalue weighted by Crippen LogP contribution is 2.08. The lowest BCUT2D eigenvalue weighted by Gasteiger charge is -2.00. The lowest BCUT2D eigenvalue weighted by molar-refractivity contribution is -0.140. The number of carbonyl (C=O) groups excluding carboxylic acids is 2. The minimum atomic E-state index is -0.499. The molecule has 0 aromatic heterocycles. The van der Waals surface area contributed by atoms with Crippen LogP contribution in [0.1, 0.15) is 52.0 Å². The minimum Gasteiger partial charge on any atom is -0.463 e. The van der Waals surface area contributed by atoms with Crippen molar-refractivity contribution in [1.29, 1.82) is 0 Å². The standard InChI is InChI=1S/C12H20O4.C9H10/c1-3-5-9-15-11(13)7-8-12(14)16-10-6-4-2;1-8(2)9-6-4-3-5-7-9/h7-8H,3-6,9-10H2,1-2H3;3-7H,1H2,2H3/b8-7-;. The Morgan fingerprint density at radius 1 is 0.920 bits per heavy atom. The third kappa shape index (κ3) is 13.7. The van der Waals surface area contributed by atoms with Crippen molar-refractivity contribution in [3.63, 3.8) is 0 Å². The largest absolute Gasteiger partial charge is 0.463 e. The van der Waals surface area contributed by atoms with Crippen molar-refractivity contribution in [2.24, 2.45) is 0 Å². The Labute approximate surface area is 151 Å². The van der Waals surface area contributed by atoms with E-state index in [-0.39, 0.29) is 0 Å². The second-order valence-electron chi connectivity index (χ2n) is 5.52. The summed E-state index contributed by atoms with van der Waals surface area (Å²) in [5.74, 6) is -0.998. The van der Waals surface area contributed by atoms with Crippen molar-refractivity contribution in [3.8, 4) is 0 Å². The molecule has 0 aliphatic heterocycles. The second kappa shape index (κ2) is 15.2. The van der Waals surface area contributed by atoms with Crippen LogP contribution in [0.5, 0.6) is 0 Å². The Morgan fingerprint density at radius 2 is 1.36 bits per heavy atom. The number of rotatable bonds is 9. The van der Waals surface area contributed by atoms with Crippen LogP contribution in [0.3, 0.4) is 0 Å². The topological polar surface area (TPSA) is 52.6 Å². The molecule has 4 heteroatoms. The molecule has 0 aliphatic carbocycles. The molecule has 0 aliphatic rings. The van der Waals surface area contributed by atoms with Gasteiger partial charge in [-0.2, -0.15) is 0 Å². The van der Waals surface area contributed by atoms with Gasteiger partial charge >= 0.3 is 11.9 Å². The molecule has 0 fully saturated rings. The van der Waals surface area contributed by atoms with Gasteiger partial charge in [0.2, 0.25) is 0 Å². The third-order valence-corrected chi connectivity index (χ3v) is 3.11. The number of esters is 2. The van der Waals surface area contributed by atoms with Crippen LogP contribution in [0.15, 0.2) is 49.1 Å². The quantitative estimate of drug-likeness (QED) is 0.361. The van der Waals surface area contributed by atoms with E-state index in [1.54, 1.807) is 0 Å². The fourth-order valence-corrected chi connectivity index (χ4v) is 1.59. The smallest absolute Gasteiger partial charge is 0.331 e. The fourth-order valence-electron chi connectivity index (χ4n) is 1.59. The molecular formula is C21H30O4. The lowest BCUT2D eigenvalue weighted by atomic mass is 10.1. The van der Waals surface area contributed by atoms with E-state index in [0.717, 1.165) is 43.4 Å². The predicted molar refractivity (Wildman–Crippen MR) is 102 cm³/mol. The molecule has 0 unspecified atom stereocenters. The van der Waals surface area contributed by atoms with E-state index in [9.17, 15) is 9.59 Å². The molecule has 0 radical (unpaired) electrons. The molecule has 0 amide bonds. The van der Waals surface area contributed by atoms with E-state index >= 15 is 0 Å². The van der Waals surface area contributed by atoms with Gasteiger partial charge in [0.25, 0.3) is 0 Å². The number of hydrogen-bond acceptors (Lipinski definition) is 4. The van der Waals surface area contributed by atoms with Crippen molar-refractivity contribution in [2.45, 2.75) is 46.5 Å². The van der Waals surface area contributed by atoms with Crippen LogP contribution in [0.2, 0.25) is 0 Å². The van der Waals surface area contributed by atoms with Gasteiger partial charge < -0.3 is 9.47 Å². The summed E-state index contributed by atoms with van der Waals surface area (Å²) in [6, 6.07) is 10.2. The first-order valence-electron chi connectivity index (χ1n) is 8.73. The number of unbranched alkanes of at least 4 members (excludes halogenated alkanes) is 2. The summed E-state index contributed by atoms with van der Waals surface area (Å²) in [5, 5.41) is 0. The Hall–Kier alpha value is -2.36. The van der Waals surface area contributed by atoms with Crippen molar-refractivity contribution < 1.29 is 19.1 Å². The zero-order valence-corrected chi connectivity index (χ0v) is 15.6. The first-order chi connectivity index (χ1) is 12.0. The molecule has 0 saturated carbocycles. The van der Waals surface area contributed by atoms with Crippen molar-refractivity contribution in [3.05, 3.63) is 54.6 Å². The summed E-state index contributed by atoms with van der Waals surface area (Å²) < 4.78 is 9.65. The van der Waals surface area contributed by atoms with Crippen molar-refractivity contribution in [2.75, 3.05) is 13.2 Å². The maximum atomic E-state index is 11.0. The van der Waals surface area contributed by atoms with Gasteiger partial charge in [-0.05, 0) is 25.3 Å². The van der Waals surface area contributed by atoms with Gasteiger partial charge in [0, 0.05) is 12.2 Å². The van der Waals surface area contributed by atoms with Gasteiger partial charge in [-0.1, -0.05) is 69.2 Å². The molecule has 0 bridgehead atoms. The van der Waals surface area contributed by atoms with Crippen LogP contribution in [-0.4, -0.2) is 25.2 Å². The van der Waals surface area contributed by atoms with Crippen LogP contribution in [0.25, 0.3) is 5.57 Å². The molecule has 138 valence electrons. The Kier molecular flexibility index (Phi) is 13.8. The van der Waals surface area contributed by atoms with E-state index < -0.39 is 11.9 Å². The predicted octanol–water partition coefficient (Wildman–Crippen LogP) is 4.95. The molecule has 0 saturated heterocycles. The SMILES string of the molecule is C=C(C)c1ccccc1.CCCCOC(=O)/C=C\C(=O)OCCCC. The summed E-state index contributed by atoms with van der Waals surface area (Å²) in [6.07, 6.45) is 5.81. The van der Waals surface area contributed by atoms with E-state index in [4.69, 9.17) is 9.47 Å². The molecule has 0 atom stereocenters. The third-order valence-electron chi connectivity index (χ3n) is 3.11. The van der Waals surface area contributed by atoms with Crippen LogP contribution in [0, 0.1) is 0 Å². The highest BCUT2D eigenvalue weighted by molar-refractivity contribution is 5.91. The highest BCUT2D eigenvalue weighted by atomic mass is 16.5. The van der Waals surface area contributed by atoms with Gasteiger partial charge in [-0.25, -0.2) is 9.59 Å². The van der Waals surface area contributed by atoms with Gasteiger partial charge in [0.15, 0.2) is 0 Å². The zero-order valence-electron chi connectivity index (χ0n) is 15.6. The molecule has 4 nitrogen and oxygen atoms in total. The number of ether oxygens (including phenoxy) is 2. The molecule has 0 N–H and O–H groups in total. The van der Waals surface area contributed by atoms with E-state index in [2.05, 4.69) is 18.7 Å². The van der Waals surface area contributed by atoms with Crippen LogP contribution < -0.4 is 0 Å². The fraction of sp³-hybridized carbons (Fsp3) is 0.429. The molecule has 1 aromatic rings. The Morgan fingerprint density at radius 3 is 1.68 bits per heavy atom. The molecule has 1 rings (SSSR count).